The number of carbonyl (C=O) groups is 1. The van der Waals surface area contributed by atoms with Crippen molar-refractivity contribution in [3.8, 4) is 11.3 Å². The van der Waals surface area contributed by atoms with E-state index < -0.39 is 11.6 Å². The average molecular weight is 374 g/mol. The van der Waals surface area contributed by atoms with Gasteiger partial charge in [-0.3, -0.25) is 14.8 Å². The number of likely N-dealkylation sites (tertiary alicyclic amines) is 1. The second-order valence-electron chi connectivity index (χ2n) is 7.30. The summed E-state index contributed by atoms with van der Waals surface area (Å²) in [4.78, 5) is 17.3. The number of aromatic nitrogens is 2. The van der Waals surface area contributed by atoms with Crippen molar-refractivity contribution in [2.45, 2.75) is 45.2 Å². The topological polar surface area (TPSA) is 52.2 Å². The fourth-order valence-electron chi connectivity index (χ4n) is 4.25. The van der Waals surface area contributed by atoms with Crippen LogP contribution in [0.5, 0.6) is 0 Å². The van der Waals surface area contributed by atoms with E-state index in [0.717, 1.165) is 49.7 Å². The summed E-state index contributed by atoms with van der Waals surface area (Å²) >= 11 is 0. The second-order valence-corrected chi connectivity index (χ2v) is 7.30. The minimum absolute atomic E-state index is 0.0665. The van der Waals surface area contributed by atoms with Crippen molar-refractivity contribution < 1.29 is 13.6 Å². The van der Waals surface area contributed by atoms with Crippen molar-refractivity contribution in [1.29, 1.82) is 0 Å². The van der Waals surface area contributed by atoms with E-state index in [-0.39, 0.29) is 17.5 Å². The lowest BCUT2D eigenvalue weighted by atomic mass is 9.97. The summed E-state index contributed by atoms with van der Waals surface area (Å²) in [5.41, 5.74) is 2.49. The molecule has 1 N–H and O–H groups in total. The van der Waals surface area contributed by atoms with Gasteiger partial charge in [0.1, 0.15) is 17.3 Å². The molecule has 0 spiro atoms. The van der Waals surface area contributed by atoms with Gasteiger partial charge in [-0.25, -0.2) is 8.78 Å². The van der Waals surface area contributed by atoms with E-state index in [1.165, 1.54) is 12.1 Å². The van der Waals surface area contributed by atoms with Crippen molar-refractivity contribution in [1.82, 2.24) is 20.0 Å². The standard InChI is InChI=1S/C20H24F2N4O/c1-2-25-9-4-3-5-18(25)20(27)26-10-8-17-15(12-26)19(24-23-17)14-7-6-13(21)11-16(14)22/h6-7,11,18H,2-5,8-10,12H2,1H3,(H,23,24)/t18-/m0/s1. The number of hydrogen-bond acceptors (Lipinski definition) is 3. The smallest absolute Gasteiger partial charge is 0.240 e. The third-order valence-corrected chi connectivity index (χ3v) is 5.74. The summed E-state index contributed by atoms with van der Waals surface area (Å²) in [6.45, 7) is 4.96. The largest absolute Gasteiger partial charge is 0.336 e. The summed E-state index contributed by atoms with van der Waals surface area (Å²) in [5, 5.41) is 7.23. The lowest BCUT2D eigenvalue weighted by molar-refractivity contribution is -0.139. The number of likely N-dealkylation sites (N-methyl/N-ethyl adjacent to an activating group) is 1. The number of aromatic amines is 1. The number of rotatable bonds is 3. The summed E-state index contributed by atoms with van der Waals surface area (Å²) < 4.78 is 27.5. The number of piperidine rings is 1. The number of fused-ring (bicyclic) bond motifs is 1. The van der Waals surface area contributed by atoms with Gasteiger partial charge >= 0.3 is 0 Å². The molecule has 5 nitrogen and oxygen atoms in total. The van der Waals surface area contributed by atoms with Crippen molar-refractivity contribution >= 4 is 5.91 Å². The zero-order chi connectivity index (χ0) is 19.0. The first-order valence-electron chi connectivity index (χ1n) is 9.63. The van der Waals surface area contributed by atoms with Crippen LogP contribution in [0.3, 0.4) is 0 Å². The number of hydrogen-bond donors (Lipinski definition) is 1. The van der Waals surface area contributed by atoms with Gasteiger partial charge in [0.15, 0.2) is 0 Å². The van der Waals surface area contributed by atoms with Crippen LogP contribution >= 0.6 is 0 Å². The molecule has 0 unspecified atom stereocenters. The maximum atomic E-state index is 14.2. The molecule has 1 fully saturated rings. The molecule has 0 aliphatic carbocycles. The van der Waals surface area contributed by atoms with Crippen LogP contribution in [-0.4, -0.2) is 51.6 Å². The van der Waals surface area contributed by atoms with Crippen LogP contribution in [0.15, 0.2) is 18.2 Å². The van der Waals surface area contributed by atoms with E-state index in [2.05, 4.69) is 22.0 Å². The number of H-pyrrole nitrogens is 1. The predicted molar refractivity (Wildman–Crippen MR) is 97.9 cm³/mol. The van der Waals surface area contributed by atoms with E-state index in [0.29, 0.717) is 25.2 Å². The first-order chi connectivity index (χ1) is 13.1. The molecule has 4 rings (SSSR count). The summed E-state index contributed by atoms with van der Waals surface area (Å²) in [5.74, 6) is -1.11. The Hall–Kier alpha value is -2.28. The van der Waals surface area contributed by atoms with Crippen LogP contribution in [0.25, 0.3) is 11.3 Å². The first kappa shape index (κ1) is 18.1. The Morgan fingerprint density at radius 2 is 2.15 bits per heavy atom. The van der Waals surface area contributed by atoms with Gasteiger partial charge in [-0.15, -0.1) is 0 Å². The number of carbonyl (C=O) groups excluding carboxylic acids is 1. The minimum atomic E-state index is -0.641. The molecule has 7 heteroatoms. The van der Waals surface area contributed by atoms with Crippen LogP contribution in [0.2, 0.25) is 0 Å². The van der Waals surface area contributed by atoms with Crippen molar-refractivity contribution in [2.24, 2.45) is 0 Å². The molecule has 0 bridgehead atoms. The lowest BCUT2D eigenvalue weighted by Gasteiger charge is -2.38. The fraction of sp³-hybridized carbons (Fsp3) is 0.500. The van der Waals surface area contributed by atoms with Gasteiger partial charge in [0.25, 0.3) is 0 Å². The Labute approximate surface area is 157 Å². The molecule has 27 heavy (non-hydrogen) atoms. The van der Waals surface area contributed by atoms with Crippen LogP contribution in [0.4, 0.5) is 8.78 Å². The molecule has 1 saturated heterocycles. The Bertz CT molecular complexity index is 851. The Morgan fingerprint density at radius 1 is 1.30 bits per heavy atom. The summed E-state index contributed by atoms with van der Waals surface area (Å²) in [6.07, 6.45) is 3.76. The van der Waals surface area contributed by atoms with E-state index >= 15 is 0 Å². The van der Waals surface area contributed by atoms with Gasteiger partial charge in [0.05, 0.1) is 6.04 Å². The molecule has 2 aromatic rings. The molecule has 2 aliphatic heterocycles. The monoisotopic (exact) mass is 374 g/mol. The molecule has 1 aromatic carbocycles. The highest BCUT2D eigenvalue weighted by molar-refractivity contribution is 5.82. The maximum absolute atomic E-state index is 14.2. The minimum Gasteiger partial charge on any atom is -0.336 e. The zero-order valence-corrected chi connectivity index (χ0v) is 15.5. The summed E-state index contributed by atoms with van der Waals surface area (Å²) in [6, 6.07) is 3.43. The normalized spacial score (nSPS) is 20.6. The van der Waals surface area contributed by atoms with Gasteiger partial charge in [0, 0.05) is 42.4 Å². The molecule has 2 aliphatic rings. The van der Waals surface area contributed by atoms with Gasteiger partial charge < -0.3 is 4.90 Å². The molecule has 1 aromatic heterocycles. The Morgan fingerprint density at radius 3 is 2.93 bits per heavy atom. The van der Waals surface area contributed by atoms with E-state index in [1.807, 2.05) is 4.90 Å². The molecular weight excluding hydrogens is 350 g/mol. The van der Waals surface area contributed by atoms with Crippen molar-refractivity contribution in [3.05, 3.63) is 41.1 Å². The number of halogens is 2. The van der Waals surface area contributed by atoms with Gasteiger partial charge in [0.2, 0.25) is 5.91 Å². The maximum Gasteiger partial charge on any atom is 0.240 e. The molecule has 144 valence electrons. The van der Waals surface area contributed by atoms with Crippen molar-refractivity contribution in [2.75, 3.05) is 19.6 Å². The first-order valence-corrected chi connectivity index (χ1v) is 9.63. The highest BCUT2D eigenvalue weighted by Crippen LogP contribution is 2.31. The van der Waals surface area contributed by atoms with E-state index in [9.17, 15) is 13.6 Å². The SMILES string of the molecule is CCN1CCCC[C@H]1C(=O)N1CCc2[nH]nc(-c3ccc(F)cc3F)c2C1. The third-order valence-electron chi connectivity index (χ3n) is 5.74. The third kappa shape index (κ3) is 3.36. The number of amides is 1. The van der Waals surface area contributed by atoms with Crippen LogP contribution in [0.1, 0.15) is 37.4 Å². The van der Waals surface area contributed by atoms with Crippen molar-refractivity contribution in [3.63, 3.8) is 0 Å². The molecular formula is C20H24F2N4O. The fourth-order valence-corrected chi connectivity index (χ4v) is 4.25. The van der Waals surface area contributed by atoms with Crippen LogP contribution in [-0.2, 0) is 17.8 Å². The molecule has 1 atom stereocenters. The number of benzene rings is 1. The molecule has 0 saturated carbocycles. The van der Waals surface area contributed by atoms with Gasteiger partial charge in [-0.1, -0.05) is 13.3 Å². The zero-order valence-electron chi connectivity index (χ0n) is 15.5. The molecule has 3 heterocycles. The Balaban J connectivity index is 1.59. The van der Waals surface area contributed by atoms with Gasteiger partial charge in [-0.05, 0) is 38.1 Å². The predicted octanol–water partition coefficient (Wildman–Crippen LogP) is 3.11. The van der Waals surface area contributed by atoms with E-state index in [4.69, 9.17) is 0 Å². The van der Waals surface area contributed by atoms with Crippen LogP contribution in [0, 0.1) is 11.6 Å². The number of nitrogens with one attached hydrogen (secondary N) is 1. The molecule has 1 amide bonds. The highest BCUT2D eigenvalue weighted by Gasteiger charge is 2.34. The highest BCUT2D eigenvalue weighted by atomic mass is 19.1. The van der Waals surface area contributed by atoms with Crippen LogP contribution < -0.4 is 0 Å². The number of nitrogens with zero attached hydrogens (tertiary/aromatic N) is 3. The quantitative estimate of drug-likeness (QED) is 0.898. The average Bonchev–Trinajstić information content (AvgIpc) is 3.10. The van der Waals surface area contributed by atoms with E-state index in [1.54, 1.807) is 0 Å². The molecule has 0 radical (unpaired) electrons. The van der Waals surface area contributed by atoms with Gasteiger partial charge in [-0.2, -0.15) is 5.10 Å². The lowest BCUT2D eigenvalue weighted by Crippen LogP contribution is -2.51. The Kier molecular flexibility index (Phi) is 4.95. The summed E-state index contributed by atoms with van der Waals surface area (Å²) in [7, 11) is 0. The second kappa shape index (κ2) is 7.38.